The van der Waals surface area contributed by atoms with Gasteiger partial charge in [-0.15, -0.1) is 0 Å². The predicted molar refractivity (Wildman–Crippen MR) is 188 cm³/mol. The highest BCUT2D eigenvalue weighted by molar-refractivity contribution is 5.69. The molecule has 250 valence electrons. The maximum absolute atomic E-state index is 12.1. The van der Waals surface area contributed by atoms with Gasteiger partial charge in [0.05, 0.1) is 0 Å². The fraction of sp³-hybridized carbons (Fsp3) is 0.925. The van der Waals surface area contributed by atoms with Crippen molar-refractivity contribution in [3.05, 3.63) is 11.6 Å². The number of carbonyl (C=O) groups excluding carboxylic acids is 1. The number of allylic oxidation sites excluding steroid dienone is 1. The molecule has 0 rings (SSSR count). The summed E-state index contributed by atoms with van der Waals surface area (Å²) in [6, 6.07) is 0. The van der Waals surface area contributed by atoms with Crippen LogP contribution in [0.5, 0.6) is 0 Å². The zero-order valence-corrected chi connectivity index (χ0v) is 29.9. The molecule has 0 heterocycles. The summed E-state index contributed by atoms with van der Waals surface area (Å²) >= 11 is 0. The first-order valence-electron chi connectivity index (χ1n) is 19.2. The van der Waals surface area contributed by atoms with Crippen LogP contribution in [0.15, 0.2) is 11.6 Å². The average molecular weight is 591 g/mol. The van der Waals surface area contributed by atoms with E-state index >= 15 is 0 Å². The summed E-state index contributed by atoms with van der Waals surface area (Å²) < 4.78 is 5.47. The number of carbonyl (C=O) groups is 1. The lowest BCUT2D eigenvalue weighted by Gasteiger charge is -2.15. The molecule has 2 nitrogen and oxygen atoms in total. The van der Waals surface area contributed by atoms with E-state index in [2.05, 4.69) is 47.6 Å². The van der Waals surface area contributed by atoms with Crippen molar-refractivity contribution in [1.82, 2.24) is 0 Å². The minimum atomic E-state index is -0.0212. The van der Waals surface area contributed by atoms with E-state index in [1.807, 2.05) is 0 Å². The Morgan fingerprint density at radius 3 is 1.38 bits per heavy atom. The molecule has 0 aromatic rings. The normalized spacial score (nSPS) is 13.5. The van der Waals surface area contributed by atoms with Crippen molar-refractivity contribution >= 4 is 5.97 Å². The second-order valence-electron chi connectivity index (χ2n) is 14.5. The van der Waals surface area contributed by atoms with Gasteiger partial charge in [-0.05, 0) is 50.0 Å². The first-order valence-corrected chi connectivity index (χ1v) is 19.2. The van der Waals surface area contributed by atoms with Crippen molar-refractivity contribution in [1.29, 1.82) is 0 Å². The lowest BCUT2D eigenvalue weighted by Crippen LogP contribution is -2.04. The molecule has 2 atom stereocenters. The largest absolute Gasteiger partial charge is 0.461 e. The van der Waals surface area contributed by atoms with Crippen LogP contribution < -0.4 is 0 Å². The first-order chi connectivity index (χ1) is 20.3. The van der Waals surface area contributed by atoms with Crippen molar-refractivity contribution in [3.63, 3.8) is 0 Å². The van der Waals surface area contributed by atoms with Crippen LogP contribution in [0.2, 0.25) is 0 Å². The summed E-state index contributed by atoms with van der Waals surface area (Å²) in [5.74, 6) is 2.54. The van der Waals surface area contributed by atoms with Crippen molar-refractivity contribution in [3.8, 4) is 0 Å². The summed E-state index contributed by atoms with van der Waals surface area (Å²) in [5.41, 5.74) is 1.37. The maximum Gasteiger partial charge on any atom is 0.306 e. The zero-order valence-electron chi connectivity index (χ0n) is 29.9. The van der Waals surface area contributed by atoms with Crippen LogP contribution in [-0.4, -0.2) is 12.6 Å². The minimum Gasteiger partial charge on any atom is -0.461 e. The van der Waals surface area contributed by atoms with Gasteiger partial charge in [0.25, 0.3) is 0 Å². The fourth-order valence-electron chi connectivity index (χ4n) is 6.15. The predicted octanol–water partition coefficient (Wildman–Crippen LogP) is 14.0. The molecular formula is C40H78O2. The second-order valence-corrected chi connectivity index (χ2v) is 14.5. The number of rotatable bonds is 32. The van der Waals surface area contributed by atoms with Crippen LogP contribution in [0, 0.1) is 17.8 Å². The highest BCUT2D eigenvalue weighted by atomic mass is 16.5. The van der Waals surface area contributed by atoms with Gasteiger partial charge in [-0.3, -0.25) is 4.79 Å². The van der Waals surface area contributed by atoms with E-state index in [1.165, 1.54) is 153 Å². The van der Waals surface area contributed by atoms with E-state index in [0.717, 1.165) is 37.0 Å². The first kappa shape index (κ1) is 41.2. The topological polar surface area (TPSA) is 26.3 Å². The average Bonchev–Trinajstić information content (AvgIpc) is 2.94. The van der Waals surface area contributed by atoms with Gasteiger partial charge in [-0.1, -0.05) is 188 Å². The zero-order chi connectivity index (χ0) is 31.1. The Balaban J connectivity index is 3.49. The summed E-state index contributed by atoms with van der Waals surface area (Å²) in [6.07, 6.45) is 37.9. The molecule has 0 amide bonds. The highest BCUT2D eigenvalue weighted by Gasteiger charge is 2.07. The lowest BCUT2D eigenvalue weighted by atomic mass is 9.91. The van der Waals surface area contributed by atoms with E-state index in [1.54, 1.807) is 0 Å². The van der Waals surface area contributed by atoms with Gasteiger partial charge in [0.2, 0.25) is 0 Å². The Bertz CT molecular complexity index is 592. The van der Waals surface area contributed by atoms with Gasteiger partial charge in [0, 0.05) is 6.42 Å². The Morgan fingerprint density at radius 1 is 0.524 bits per heavy atom. The monoisotopic (exact) mass is 591 g/mol. The van der Waals surface area contributed by atoms with Crippen LogP contribution in [0.3, 0.4) is 0 Å². The van der Waals surface area contributed by atoms with Crippen molar-refractivity contribution in [2.45, 2.75) is 215 Å². The number of hydrogen-bond donors (Lipinski definition) is 0. The second kappa shape index (κ2) is 31.6. The van der Waals surface area contributed by atoms with Gasteiger partial charge < -0.3 is 4.74 Å². The fourth-order valence-corrected chi connectivity index (χ4v) is 6.15. The van der Waals surface area contributed by atoms with E-state index in [4.69, 9.17) is 4.74 Å². The highest BCUT2D eigenvalue weighted by Crippen LogP contribution is 2.22. The van der Waals surface area contributed by atoms with Gasteiger partial charge in [0.1, 0.15) is 6.61 Å². The Labute approximate surface area is 266 Å². The van der Waals surface area contributed by atoms with Gasteiger partial charge in [-0.2, -0.15) is 0 Å². The number of unbranched alkanes of at least 4 members (excludes halogenated alkanes) is 16. The summed E-state index contributed by atoms with van der Waals surface area (Å²) in [5, 5.41) is 0. The summed E-state index contributed by atoms with van der Waals surface area (Å²) in [4.78, 5) is 12.1. The molecule has 0 fully saturated rings. The molecule has 0 bridgehead atoms. The number of ether oxygens (including phenoxy) is 1. The minimum absolute atomic E-state index is 0.0212. The van der Waals surface area contributed by atoms with Crippen molar-refractivity contribution in [2.24, 2.45) is 17.8 Å². The van der Waals surface area contributed by atoms with E-state index in [9.17, 15) is 4.79 Å². The molecule has 0 aliphatic heterocycles. The van der Waals surface area contributed by atoms with Crippen LogP contribution in [0.1, 0.15) is 215 Å². The van der Waals surface area contributed by atoms with Crippen LogP contribution >= 0.6 is 0 Å². The van der Waals surface area contributed by atoms with Crippen LogP contribution in [-0.2, 0) is 9.53 Å². The molecule has 0 aromatic heterocycles. The van der Waals surface area contributed by atoms with E-state index in [-0.39, 0.29) is 5.97 Å². The number of hydrogen-bond acceptors (Lipinski definition) is 2. The molecule has 0 N–H and O–H groups in total. The number of esters is 1. The van der Waals surface area contributed by atoms with Crippen molar-refractivity contribution < 1.29 is 9.53 Å². The van der Waals surface area contributed by atoms with Crippen LogP contribution in [0.4, 0.5) is 0 Å². The SMILES string of the molecule is CCCCCCCCCCCCCCCCCCCC(=O)OCC=C(C)CCCC(C)CCCC(C)CCCC(C)C. The third kappa shape index (κ3) is 32.1. The molecule has 0 aromatic carbocycles. The molecule has 0 aliphatic rings. The molecule has 0 saturated carbocycles. The van der Waals surface area contributed by atoms with Gasteiger partial charge in [0.15, 0.2) is 0 Å². The molecule has 0 radical (unpaired) electrons. The smallest absolute Gasteiger partial charge is 0.306 e. The van der Waals surface area contributed by atoms with Gasteiger partial charge >= 0.3 is 5.97 Å². The quantitative estimate of drug-likeness (QED) is 0.0442. The molecule has 0 aliphatic carbocycles. The summed E-state index contributed by atoms with van der Waals surface area (Å²) in [6.45, 7) is 14.5. The van der Waals surface area contributed by atoms with E-state index < -0.39 is 0 Å². The molecular weight excluding hydrogens is 512 g/mol. The lowest BCUT2D eigenvalue weighted by molar-refractivity contribution is -0.142. The molecule has 0 saturated heterocycles. The molecule has 2 unspecified atom stereocenters. The Hall–Kier alpha value is -0.790. The molecule has 42 heavy (non-hydrogen) atoms. The van der Waals surface area contributed by atoms with Crippen molar-refractivity contribution in [2.75, 3.05) is 6.61 Å². The van der Waals surface area contributed by atoms with E-state index in [0.29, 0.717) is 13.0 Å². The van der Waals surface area contributed by atoms with Crippen LogP contribution in [0.25, 0.3) is 0 Å². The Kier molecular flexibility index (Phi) is 31.0. The molecule has 2 heteroatoms. The standard InChI is InChI=1S/C40H78O2/c1-7-8-9-10-11-12-13-14-15-16-17-18-19-20-21-22-23-33-40(41)42-35-34-39(6)32-26-31-38(5)30-25-29-37(4)28-24-27-36(2)3/h34,36-38H,7-33,35H2,1-6H3. The third-order valence-electron chi connectivity index (χ3n) is 9.30. The Morgan fingerprint density at radius 2 is 0.929 bits per heavy atom. The summed E-state index contributed by atoms with van der Waals surface area (Å²) in [7, 11) is 0. The third-order valence-corrected chi connectivity index (χ3v) is 9.30. The van der Waals surface area contributed by atoms with Gasteiger partial charge in [-0.25, -0.2) is 0 Å². The molecule has 0 spiro atoms. The maximum atomic E-state index is 12.1.